The first kappa shape index (κ1) is 18.0. The zero-order valence-corrected chi connectivity index (χ0v) is 15.7. The Kier molecular flexibility index (Phi) is 4.72. The van der Waals surface area contributed by atoms with E-state index in [1.807, 2.05) is 24.3 Å². The second kappa shape index (κ2) is 7.34. The van der Waals surface area contributed by atoms with E-state index in [9.17, 15) is 14.9 Å². The van der Waals surface area contributed by atoms with Crippen molar-refractivity contribution < 1.29 is 9.72 Å². The highest BCUT2D eigenvalue weighted by Crippen LogP contribution is 2.29. The molecule has 0 radical (unpaired) electrons. The van der Waals surface area contributed by atoms with Gasteiger partial charge in [0.1, 0.15) is 16.5 Å². The third-order valence-corrected chi connectivity index (χ3v) is 5.30. The van der Waals surface area contributed by atoms with E-state index in [0.717, 1.165) is 21.3 Å². The number of benzene rings is 2. The third-order valence-electron chi connectivity index (χ3n) is 3.91. The Morgan fingerprint density at radius 1 is 1.07 bits per heavy atom. The monoisotopic (exact) mass is 410 g/mol. The van der Waals surface area contributed by atoms with Crippen LogP contribution in [0.25, 0.3) is 20.9 Å². The van der Waals surface area contributed by atoms with Crippen LogP contribution in [0.2, 0.25) is 5.02 Å². The van der Waals surface area contributed by atoms with E-state index >= 15 is 0 Å². The highest BCUT2D eigenvalue weighted by Gasteiger charge is 2.17. The van der Waals surface area contributed by atoms with Gasteiger partial charge in [0.25, 0.3) is 11.6 Å². The van der Waals surface area contributed by atoms with Gasteiger partial charge in [0.05, 0.1) is 25.7 Å². The van der Waals surface area contributed by atoms with Crippen LogP contribution in [0.1, 0.15) is 10.4 Å². The zero-order valence-electron chi connectivity index (χ0n) is 14.1. The van der Waals surface area contributed by atoms with E-state index < -0.39 is 10.8 Å². The van der Waals surface area contributed by atoms with Crippen LogP contribution in [0.4, 0.5) is 11.5 Å². The van der Waals surface area contributed by atoms with Crippen LogP contribution >= 0.6 is 22.9 Å². The summed E-state index contributed by atoms with van der Waals surface area (Å²) in [5.74, 6) is -0.285. The maximum atomic E-state index is 12.5. The summed E-state index contributed by atoms with van der Waals surface area (Å²) >= 11 is 7.52. The van der Waals surface area contributed by atoms with E-state index in [1.165, 1.54) is 23.5 Å². The molecule has 0 fully saturated rings. The van der Waals surface area contributed by atoms with Crippen molar-refractivity contribution in [2.24, 2.45) is 0 Å². The number of nitrogens with zero attached hydrogens (tertiary/aromatic N) is 3. The molecular formula is C19H11ClN4O3S. The van der Waals surface area contributed by atoms with Gasteiger partial charge in [-0.15, -0.1) is 11.3 Å². The lowest BCUT2D eigenvalue weighted by Gasteiger charge is -2.07. The van der Waals surface area contributed by atoms with Crippen LogP contribution in [-0.4, -0.2) is 20.8 Å². The molecule has 0 aliphatic heterocycles. The maximum absolute atomic E-state index is 12.5. The molecule has 0 aliphatic carbocycles. The number of rotatable bonds is 4. The van der Waals surface area contributed by atoms with Gasteiger partial charge in [-0.25, -0.2) is 9.97 Å². The van der Waals surface area contributed by atoms with Crippen LogP contribution in [-0.2, 0) is 0 Å². The number of anilines is 1. The number of non-ortho nitro benzene ring substituents is 1. The van der Waals surface area contributed by atoms with Crippen LogP contribution in [0.3, 0.4) is 0 Å². The van der Waals surface area contributed by atoms with Crippen LogP contribution in [0.5, 0.6) is 0 Å². The summed E-state index contributed by atoms with van der Waals surface area (Å²) in [6.45, 7) is 0. The molecule has 0 aliphatic rings. The molecule has 0 unspecified atom stereocenters. The van der Waals surface area contributed by atoms with Gasteiger partial charge in [-0.2, -0.15) is 0 Å². The number of aromatic nitrogens is 2. The number of halogens is 1. The number of nitrogens with one attached hydrogen (secondary N) is 1. The number of amides is 1. The maximum Gasteiger partial charge on any atom is 0.270 e. The van der Waals surface area contributed by atoms with Crippen molar-refractivity contribution in [3.8, 4) is 10.7 Å². The van der Waals surface area contributed by atoms with E-state index in [1.54, 1.807) is 18.2 Å². The van der Waals surface area contributed by atoms with E-state index in [4.69, 9.17) is 11.6 Å². The first-order valence-corrected chi connectivity index (χ1v) is 9.29. The standard InChI is InChI=1S/C19H11ClN4O3S/c20-13-9-8-11(24(26)27)10-12(13)18(25)23-17-7-3-5-15(21-17)19-22-14-4-1-2-6-16(14)28-19/h1-10H,(H,21,23,25). The van der Waals surface area contributed by atoms with Gasteiger partial charge in [-0.05, 0) is 30.3 Å². The average Bonchev–Trinajstić information content (AvgIpc) is 3.12. The number of carbonyl (C=O) groups excluding carboxylic acids is 1. The number of hydrogen-bond donors (Lipinski definition) is 1. The molecule has 0 bridgehead atoms. The summed E-state index contributed by atoms with van der Waals surface area (Å²) in [6.07, 6.45) is 0. The van der Waals surface area contributed by atoms with Crippen LogP contribution in [0, 0.1) is 10.1 Å². The van der Waals surface area contributed by atoms with Crippen molar-refractivity contribution in [1.29, 1.82) is 0 Å². The van der Waals surface area contributed by atoms with Crippen molar-refractivity contribution >= 4 is 50.6 Å². The minimum Gasteiger partial charge on any atom is -0.306 e. The van der Waals surface area contributed by atoms with Gasteiger partial charge in [0.2, 0.25) is 0 Å². The number of nitro benzene ring substituents is 1. The molecule has 138 valence electrons. The summed E-state index contributed by atoms with van der Waals surface area (Å²) in [4.78, 5) is 31.9. The minimum absolute atomic E-state index is 0.00283. The van der Waals surface area contributed by atoms with Gasteiger partial charge in [0.15, 0.2) is 0 Å². The lowest BCUT2D eigenvalue weighted by Crippen LogP contribution is -2.14. The van der Waals surface area contributed by atoms with Gasteiger partial charge in [-0.1, -0.05) is 29.8 Å². The van der Waals surface area contributed by atoms with Crippen molar-refractivity contribution in [3.63, 3.8) is 0 Å². The van der Waals surface area contributed by atoms with Gasteiger partial charge in [0, 0.05) is 12.1 Å². The Hall–Kier alpha value is -3.36. The first-order valence-electron chi connectivity index (χ1n) is 8.09. The molecule has 2 aromatic carbocycles. The first-order chi connectivity index (χ1) is 13.5. The number of para-hydroxylation sites is 1. The molecule has 0 atom stereocenters. The zero-order chi connectivity index (χ0) is 19.7. The fourth-order valence-electron chi connectivity index (χ4n) is 2.59. The molecule has 28 heavy (non-hydrogen) atoms. The summed E-state index contributed by atoms with van der Waals surface area (Å²) in [6, 6.07) is 16.6. The molecule has 4 aromatic rings. The summed E-state index contributed by atoms with van der Waals surface area (Å²) < 4.78 is 1.04. The highest BCUT2D eigenvalue weighted by atomic mass is 35.5. The van der Waals surface area contributed by atoms with Crippen molar-refractivity contribution in [2.45, 2.75) is 0 Å². The average molecular weight is 411 g/mol. The molecule has 7 nitrogen and oxygen atoms in total. The molecule has 2 heterocycles. The number of nitro groups is 1. The van der Waals surface area contributed by atoms with Gasteiger partial charge < -0.3 is 5.32 Å². The molecule has 0 saturated heterocycles. The van der Waals surface area contributed by atoms with E-state index in [2.05, 4.69) is 15.3 Å². The number of hydrogen-bond acceptors (Lipinski definition) is 6. The number of pyridine rings is 1. The molecule has 2 aromatic heterocycles. The predicted molar refractivity (Wildman–Crippen MR) is 109 cm³/mol. The summed E-state index contributed by atoms with van der Waals surface area (Å²) in [5, 5.41) is 14.4. The SMILES string of the molecule is O=C(Nc1cccc(-c2nc3ccccc3s2)n1)c1cc([N+](=O)[O-])ccc1Cl. The molecule has 1 N–H and O–H groups in total. The molecule has 0 spiro atoms. The Morgan fingerprint density at radius 3 is 2.68 bits per heavy atom. The molecule has 4 rings (SSSR count). The van der Waals surface area contributed by atoms with Gasteiger partial charge in [-0.3, -0.25) is 14.9 Å². The quantitative estimate of drug-likeness (QED) is 0.369. The van der Waals surface area contributed by atoms with E-state index in [0.29, 0.717) is 11.5 Å². The number of fused-ring (bicyclic) bond motifs is 1. The van der Waals surface area contributed by atoms with Crippen LogP contribution < -0.4 is 5.32 Å². The van der Waals surface area contributed by atoms with Crippen molar-refractivity contribution in [1.82, 2.24) is 9.97 Å². The lowest BCUT2D eigenvalue weighted by atomic mass is 10.2. The largest absolute Gasteiger partial charge is 0.306 e. The van der Waals surface area contributed by atoms with Crippen LogP contribution in [0.15, 0.2) is 60.7 Å². The third kappa shape index (κ3) is 3.55. The fourth-order valence-corrected chi connectivity index (χ4v) is 3.73. The molecule has 9 heteroatoms. The van der Waals surface area contributed by atoms with E-state index in [-0.39, 0.29) is 16.3 Å². The highest BCUT2D eigenvalue weighted by molar-refractivity contribution is 7.21. The molecule has 1 amide bonds. The molecular weight excluding hydrogens is 400 g/mol. The smallest absolute Gasteiger partial charge is 0.270 e. The normalized spacial score (nSPS) is 10.8. The van der Waals surface area contributed by atoms with Gasteiger partial charge >= 0.3 is 0 Å². The van der Waals surface area contributed by atoms with Crippen molar-refractivity contribution in [2.75, 3.05) is 5.32 Å². The fraction of sp³-hybridized carbons (Fsp3) is 0. The summed E-state index contributed by atoms with van der Waals surface area (Å²) in [5.41, 5.74) is 1.28. The second-order valence-electron chi connectivity index (χ2n) is 5.77. The number of carbonyl (C=O) groups is 1. The second-order valence-corrected chi connectivity index (χ2v) is 7.21. The minimum atomic E-state index is -0.584. The molecule has 0 saturated carbocycles. The number of thiazole rings is 1. The Balaban J connectivity index is 1.62. The van der Waals surface area contributed by atoms with Crippen molar-refractivity contribution in [3.05, 3.63) is 81.4 Å². The Labute approximate surface area is 167 Å². The summed E-state index contributed by atoms with van der Waals surface area (Å²) in [7, 11) is 0. The lowest BCUT2D eigenvalue weighted by molar-refractivity contribution is -0.384. The predicted octanol–water partition coefficient (Wildman–Crippen LogP) is 5.17. The Morgan fingerprint density at radius 2 is 1.89 bits per heavy atom. The Bertz CT molecular complexity index is 1190. The topological polar surface area (TPSA) is 98.0 Å².